The molecule has 0 bridgehead atoms. The topological polar surface area (TPSA) is 12.0 Å². The maximum Gasteiger partial charge on any atom is 0.0107 e. The number of hydrogen-bond donors (Lipinski definition) is 1. The van der Waals surface area contributed by atoms with Gasteiger partial charge in [0.1, 0.15) is 0 Å². The summed E-state index contributed by atoms with van der Waals surface area (Å²) in [5.41, 5.74) is 1.31. The molecule has 0 fully saturated rings. The molecule has 0 spiro atoms. The van der Waals surface area contributed by atoms with Gasteiger partial charge in [0.25, 0.3) is 0 Å². The van der Waals surface area contributed by atoms with Crippen LogP contribution in [0.1, 0.15) is 12.8 Å². The first-order valence-electron chi connectivity index (χ1n) is 3.63. The van der Waals surface area contributed by atoms with Gasteiger partial charge in [0.2, 0.25) is 0 Å². The predicted octanol–water partition coefficient (Wildman–Crippen LogP) is 2.00. The van der Waals surface area contributed by atoms with Crippen molar-refractivity contribution in [1.29, 1.82) is 0 Å². The molecule has 10 heavy (non-hydrogen) atoms. The first-order chi connectivity index (χ1) is 4.93. The summed E-state index contributed by atoms with van der Waals surface area (Å²) in [7, 11) is 1.96. The largest absolute Gasteiger partial charge is 0.391 e. The second-order valence-electron chi connectivity index (χ2n) is 2.29. The van der Waals surface area contributed by atoms with Crippen LogP contribution in [0.4, 0.5) is 0 Å². The third kappa shape index (κ3) is 2.09. The van der Waals surface area contributed by atoms with E-state index in [-0.39, 0.29) is 0 Å². The average Bonchev–Trinajstić information content (AvgIpc) is 1.87. The van der Waals surface area contributed by atoms with Crippen LogP contribution in [0, 0.1) is 0 Å². The van der Waals surface area contributed by atoms with Crippen LogP contribution >= 0.6 is 0 Å². The molecule has 1 nitrogen and oxygen atoms in total. The molecule has 1 heteroatoms. The molecule has 0 heterocycles. The maximum absolute atomic E-state index is 3.15. The zero-order valence-corrected chi connectivity index (χ0v) is 6.30. The highest BCUT2D eigenvalue weighted by Gasteiger charge is 1.90. The van der Waals surface area contributed by atoms with E-state index in [4.69, 9.17) is 0 Å². The molecule has 0 atom stereocenters. The number of rotatable bonds is 1. The predicted molar refractivity (Wildman–Crippen MR) is 44.7 cm³/mol. The lowest BCUT2D eigenvalue weighted by molar-refractivity contribution is 0.851. The molecule has 0 aliphatic heterocycles. The van der Waals surface area contributed by atoms with E-state index in [0.29, 0.717) is 0 Å². The Balaban J connectivity index is 2.59. The highest BCUT2D eigenvalue weighted by Crippen LogP contribution is 2.04. The Morgan fingerprint density at radius 3 is 3.00 bits per heavy atom. The van der Waals surface area contributed by atoms with Gasteiger partial charge in [0.15, 0.2) is 0 Å². The Labute approximate surface area is 62.1 Å². The molecular weight excluding hydrogens is 122 g/mol. The molecule has 0 radical (unpaired) electrons. The Morgan fingerprint density at radius 2 is 2.20 bits per heavy atom. The van der Waals surface area contributed by atoms with Gasteiger partial charge < -0.3 is 5.32 Å². The summed E-state index contributed by atoms with van der Waals surface area (Å²) in [5, 5.41) is 3.15. The van der Waals surface area contributed by atoms with E-state index in [1.807, 2.05) is 7.05 Å². The van der Waals surface area contributed by atoms with E-state index in [1.165, 1.54) is 5.70 Å². The van der Waals surface area contributed by atoms with Crippen molar-refractivity contribution < 1.29 is 0 Å². The van der Waals surface area contributed by atoms with Crippen molar-refractivity contribution in [2.24, 2.45) is 0 Å². The van der Waals surface area contributed by atoms with Gasteiger partial charge in [-0.25, -0.2) is 0 Å². The van der Waals surface area contributed by atoms with Crippen LogP contribution in [0.2, 0.25) is 0 Å². The molecule has 1 aliphatic rings. The second-order valence-corrected chi connectivity index (χ2v) is 2.29. The van der Waals surface area contributed by atoms with Gasteiger partial charge in [0, 0.05) is 12.7 Å². The van der Waals surface area contributed by atoms with Crippen molar-refractivity contribution in [2.75, 3.05) is 7.05 Å². The fraction of sp³-hybridized carbons (Fsp3) is 0.333. The summed E-state index contributed by atoms with van der Waals surface area (Å²) in [6.07, 6.45) is 12.7. The molecule has 0 unspecified atom stereocenters. The Hall–Kier alpha value is -0.980. The van der Waals surface area contributed by atoms with Crippen LogP contribution in [0.5, 0.6) is 0 Å². The van der Waals surface area contributed by atoms with E-state index in [2.05, 4.69) is 35.7 Å². The van der Waals surface area contributed by atoms with Gasteiger partial charge in [-0.3, -0.25) is 0 Å². The Bertz CT molecular complexity index is 175. The van der Waals surface area contributed by atoms with Crippen LogP contribution in [0.25, 0.3) is 0 Å². The summed E-state index contributed by atoms with van der Waals surface area (Å²) in [5.74, 6) is 0. The van der Waals surface area contributed by atoms with Crippen LogP contribution in [-0.2, 0) is 0 Å². The molecule has 0 aromatic heterocycles. The maximum atomic E-state index is 3.15. The van der Waals surface area contributed by atoms with Crippen molar-refractivity contribution in [3.05, 3.63) is 36.1 Å². The van der Waals surface area contributed by atoms with Crippen LogP contribution in [0.15, 0.2) is 36.1 Å². The first kappa shape index (κ1) is 7.13. The van der Waals surface area contributed by atoms with Crippen molar-refractivity contribution in [3.8, 4) is 0 Å². The van der Waals surface area contributed by atoms with E-state index in [9.17, 15) is 0 Å². The third-order valence-corrected chi connectivity index (χ3v) is 1.56. The minimum Gasteiger partial charge on any atom is -0.391 e. The van der Waals surface area contributed by atoms with Crippen LogP contribution < -0.4 is 5.32 Å². The molecular formula is C9H13N. The quantitative estimate of drug-likeness (QED) is 0.580. The van der Waals surface area contributed by atoms with Crippen LogP contribution in [-0.4, -0.2) is 7.05 Å². The van der Waals surface area contributed by atoms with Crippen molar-refractivity contribution in [2.45, 2.75) is 12.8 Å². The van der Waals surface area contributed by atoms with Crippen molar-refractivity contribution >= 4 is 0 Å². The van der Waals surface area contributed by atoms with Crippen molar-refractivity contribution in [1.82, 2.24) is 5.32 Å². The van der Waals surface area contributed by atoms with Gasteiger partial charge in [-0.2, -0.15) is 0 Å². The average molecular weight is 135 g/mol. The summed E-state index contributed by atoms with van der Waals surface area (Å²) in [4.78, 5) is 0. The summed E-state index contributed by atoms with van der Waals surface area (Å²) in [6, 6.07) is 0. The Morgan fingerprint density at radius 1 is 1.30 bits per heavy atom. The van der Waals surface area contributed by atoms with Crippen LogP contribution in [0.3, 0.4) is 0 Å². The SMILES string of the molecule is CNC1=CC=CC=CCC1. The highest BCUT2D eigenvalue weighted by atomic mass is 14.8. The smallest absolute Gasteiger partial charge is 0.0107 e. The lowest BCUT2D eigenvalue weighted by Crippen LogP contribution is -2.04. The highest BCUT2D eigenvalue weighted by molar-refractivity contribution is 5.18. The van der Waals surface area contributed by atoms with E-state index in [0.717, 1.165) is 12.8 Å². The van der Waals surface area contributed by atoms with Crippen molar-refractivity contribution in [3.63, 3.8) is 0 Å². The molecule has 0 saturated carbocycles. The van der Waals surface area contributed by atoms with Gasteiger partial charge in [-0.15, -0.1) is 0 Å². The van der Waals surface area contributed by atoms with Gasteiger partial charge in [-0.1, -0.05) is 24.3 Å². The zero-order valence-electron chi connectivity index (χ0n) is 6.30. The second kappa shape index (κ2) is 3.94. The molecule has 1 aliphatic carbocycles. The Kier molecular flexibility index (Phi) is 2.81. The van der Waals surface area contributed by atoms with Gasteiger partial charge >= 0.3 is 0 Å². The molecule has 54 valence electrons. The number of hydrogen-bond acceptors (Lipinski definition) is 1. The van der Waals surface area contributed by atoms with Gasteiger partial charge in [0.05, 0.1) is 0 Å². The van der Waals surface area contributed by atoms with E-state index < -0.39 is 0 Å². The lowest BCUT2D eigenvalue weighted by atomic mass is 10.2. The normalized spacial score (nSPS) is 17.5. The molecule has 1 N–H and O–H groups in total. The summed E-state index contributed by atoms with van der Waals surface area (Å²) < 4.78 is 0. The van der Waals surface area contributed by atoms with E-state index in [1.54, 1.807) is 0 Å². The number of allylic oxidation sites excluding steroid dienone is 6. The standard InChI is InChI=1S/C9H13N/c1-10-9-7-5-3-2-4-6-8-9/h2-5,7,10H,6,8H2,1H3. The third-order valence-electron chi connectivity index (χ3n) is 1.56. The molecule has 0 saturated heterocycles. The fourth-order valence-corrected chi connectivity index (χ4v) is 0.941. The van der Waals surface area contributed by atoms with E-state index >= 15 is 0 Å². The summed E-state index contributed by atoms with van der Waals surface area (Å²) in [6.45, 7) is 0. The first-order valence-corrected chi connectivity index (χ1v) is 3.63. The minimum absolute atomic E-state index is 1.12. The summed E-state index contributed by atoms with van der Waals surface area (Å²) >= 11 is 0. The van der Waals surface area contributed by atoms with Gasteiger partial charge in [-0.05, 0) is 18.9 Å². The molecule has 0 aromatic rings. The molecule has 1 rings (SSSR count). The minimum atomic E-state index is 1.12. The molecule has 0 amide bonds. The number of nitrogens with one attached hydrogen (secondary N) is 1. The monoisotopic (exact) mass is 135 g/mol. The molecule has 0 aromatic carbocycles. The zero-order chi connectivity index (χ0) is 7.23. The lowest BCUT2D eigenvalue weighted by Gasteiger charge is -2.03. The fourth-order valence-electron chi connectivity index (χ4n) is 0.941.